The van der Waals surface area contributed by atoms with Crippen molar-refractivity contribution in [1.82, 2.24) is 0 Å². The average Bonchev–Trinajstić information content (AvgIpc) is 2.27. The largest absolute Gasteiger partial charge is 0.463 e. The van der Waals surface area contributed by atoms with E-state index < -0.39 is 11.0 Å². The summed E-state index contributed by atoms with van der Waals surface area (Å²) in [5.41, 5.74) is 0.184. The maximum Gasteiger partial charge on any atom is 0.351 e. The molecule has 0 heterocycles. The van der Waals surface area contributed by atoms with Gasteiger partial charge in [-0.3, -0.25) is 0 Å². The number of alkyl halides is 1. The molecule has 0 saturated heterocycles. The number of carbonyl (C=O) groups is 1. The standard InChI is InChI=1S/C11H10Cl4N2O2/c1-3-19-10(18)11(2,15)17-16-9-7(13)4-6(12)5-8(9)14/h4-5H,3H2,1-2H3/b17-16+. The first-order chi connectivity index (χ1) is 8.77. The summed E-state index contributed by atoms with van der Waals surface area (Å²) in [4.78, 5) is 9.88. The van der Waals surface area contributed by atoms with Gasteiger partial charge in [-0.05, 0) is 26.0 Å². The molecule has 104 valence electrons. The lowest BCUT2D eigenvalue weighted by Crippen LogP contribution is -2.28. The Hall–Kier alpha value is -0.550. The van der Waals surface area contributed by atoms with E-state index in [-0.39, 0.29) is 22.3 Å². The normalized spacial score (nSPS) is 14.4. The fourth-order valence-electron chi connectivity index (χ4n) is 1.08. The van der Waals surface area contributed by atoms with Gasteiger partial charge < -0.3 is 4.74 Å². The number of benzene rings is 1. The summed E-state index contributed by atoms with van der Waals surface area (Å²) in [7, 11) is 0. The quantitative estimate of drug-likeness (QED) is 0.324. The van der Waals surface area contributed by atoms with Crippen molar-refractivity contribution in [3.63, 3.8) is 0 Å². The van der Waals surface area contributed by atoms with Crippen molar-refractivity contribution in [1.29, 1.82) is 0 Å². The number of hydrogen-bond donors (Lipinski definition) is 0. The smallest absolute Gasteiger partial charge is 0.351 e. The Kier molecular flexibility index (Phi) is 5.86. The van der Waals surface area contributed by atoms with Crippen LogP contribution in [0.3, 0.4) is 0 Å². The number of esters is 1. The summed E-state index contributed by atoms with van der Waals surface area (Å²) in [5, 5.41) is 8.27. The van der Waals surface area contributed by atoms with Gasteiger partial charge in [0, 0.05) is 5.02 Å². The zero-order chi connectivity index (χ0) is 14.6. The Morgan fingerprint density at radius 1 is 1.32 bits per heavy atom. The van der Waals surface area contributed by atoms with Crippen LogP contribution in [0, 0.1) is 0 Å². The van der Waals surface area contributed by atoms with E-state index in [4.69, 9.17) is 51.1 Å². The fourth-order valence-corrected chi connectivity index (χ4v) is 2.06. The Bertz CT molecular complexity index is 494. The van der Waals surface area contributed by atoms with Crippen molar-refractivity contribution < 1.29 is 9.53 Å². The summed E-state index contributed by atoms with van der Waals surface area (Å²) in [6, 6.07) is 2.92. The first kappa shape index (κ1) is 16.5. The summed E-state index contributed by atoms with van der Waals surface area (Å²) in [6.07, 6.45) is 0. The molecule has 0 aromatic heterocycles. The molecule has 1 aromatic rings. The van der Waals surface area contributed by atoms with Crippen molar-refractivity contribution >= 4 is 58.1 Å². The molecule has 0 bridgehead atoms. The molecule has 1 rings (SSSR count). The predicted molar refractivity (Wildman–Crippen MR) is 76.9 cm³/mol. The third kappa shape index (κ3) is 4.49. The van der Waals surface area contributed by atoms with Gasteiger partial charge in [-0.15, -0.1) is 0 Å². The van der Waals surface area contributed by atoms with Crippen LogP contribution in [0.5, 0.6) is 0 Å². The van der Waals surface area contributed by atoms with Gasteiger partial charge in [0.25, 0.3) is 0 Å². The number of rotatable bonds is 4. The number of nitrogens with zero attached hydrogens (tertiary/aromatic N) is 2. The van der Waals surface area contributed by atoms with Gasteiger partial charge in [0.1, 0.15) is 5.69 Å². The highest BCUT2D eigenvalue weighted by atomic mass is 35.5. The van der Waals surface area contributed by atoms with E-state index in [1.54, 1.807) is 6.92 Å². The molecule has 0 fully saturated rings. The molecule has 8 heteroatoms. The molecule has 0 saturated carbocycles. The third-order valence-electron chi connectivity index (χ3n) is 1.97. The van der Waals surface area contributed by atoms with Crippen LogP contribution in [-0.4, -0.2) is 17.6 Å². The minimum atomic E-state index is -1.64. The van der Waals surface area contributed by atoms with Gasteiger partial charge in [0.15, 0.2) is 0 Å². The van der Waals surface area contributed by atoms with Crippen LogP contribution in [0.25, 0.3) is 0 Å². The third-order valence-corrected chi connectivity index (χ3v) is 2.99. The molecule has 0 radical (unpaired) electrons. The highest BCUT2D eigenvalue weighted by molar-refractivity contribution is 6.41. The maximum atomic E-state index is 11.5. The van der Waals surface area contributed by atoms with Crippen molar-refractivity contribution in [2.75, 3.05) is 6.61 Å². The number of azo groups is 1. The van der Waals surface area contributed by atoms with Crippen LogP contribution in [0.1, 0.15) is 13.8 Å². The van der Waals surface area contributed by atoms with Gasteiger partial charge in [-0.2, -0.15) is 10.2 Å². The first-order valence-electron chi connectivity index (χ1n) is 5.21. The van der Waals surface area contributed by atoms with Gasteiger partial charge in [0.05, 0.1) is 16.7 Å². The van der Waals surface area contributed by atoms with Crippen molar-refractivity contribution in [3.05, 3.63) is 27.2 Å². The highest BCUT2D eigenvalue weighted by Crippen LogP contribution is 2.37. The SMILES string of the molecule is CCOC(=O)C(C)(Cl)/N=N/c1c(Cl)cc(Cl)cc1Cl. The number of halogens is 4. The molecule has 0 aliphatic carbocycles. The Labute approximate surface area is 130 Å². The summed E-state index contributed by atoms with van der Waals surface area (Å²) in [5.74, 6) is -0.707. The zero-order valence-corrected chi connectivity index (χ0v) is 13.1. The second-order valence-electron chi connectivity index (χ2n) is 3.59. The lowest BCUT2D eigenvalue weighted by Gasteiger charge is -2.13. The topological polar surface area (TPSA) is 51.0 Å². The highest BCUT2D eigenvalue weighted by Gasteiger charge is 2.32. The molecule has 0 aliphatic heterocycles. The molecular weight excluding hydrogens is 334 g/mol. The molecular formula is C11H10Cl4N2O2. The lowest BCUT2D eigenvalue weighted by atomic mass is 10.3. The van der Waals surface area contributed by atoms with E-state index in [0.29, 0.717) is 5.02 Å². The minimum absolute atomic E-state index is 0.184. The molecule has 4 nitrogen and oxygen atoms in total. The van der Waals surface area contributed by atoms with Crippen molar-refractivity contribution in [2.24, 2.45) is 10.2 Å². The Balaban J connectivity index is 3.02. The van der Waals surface area contributed by atoms with Gasteiger partial charge in [-0.25, -0.2) is 4.79 Å². The molecule has 1 atom stereocenters. The van der Waals surface area contributed by atoms with Crippen LogP contribution in [0.4, 0.5) is 5.69 Å². The average molecular weight is 344 g/mol. The van der Waals surface area contributed by atoms with E-state index in [0.717, 1.165) is 0 Å². The molecule has 1 aromatic carbocycles. The van der Waals surface area contributed by atoms with E-state index in [2.05, 4.69) is 10.2 Å². The lowest BCUT2D eigenvalue weighted by molar-refractivity contribution is -0.145. The van der Waals surface area contributed by atoms with Crippen LogP contribution < -0.4 is 0 Å². The molecule has 0 spiro atoms. The second kappa shape index (κ2) is 6.75. The minimum Gasteiger partial charge on any atom is -0.463 e. The second-order valence-corrected chi connectivity index (χ2v) is 5.58. The number of carbonyl (C=O) groups excluding carboxylic acids is 1. The first-order valence-corrected chi connectivity index (χ1v) is 6.72. The predicted octanol–water partition coefficient (Wildman–Crippen LogP) is 5.25. The van der Waals surface area contributed by atoms with Gasteiger partial charge in [-0.1, -0.05) is 46.4 Å². The number of ether oxygens (including phenoxy) is 1. The molecule has 0 amide bonds. The Morgan fingerprint density at radius 3 is 2.32 bits per heavy atom. The van der Waals surface area contributed by atoms with E-state index in [1.807, 2.05) is 0 Å². The molecule has 0 aliphatic rings. The number of hydrogen-bond acceptors (Lipinski definition) is 4. The molecule has 1 unspecified atom stereocenters. The summed E-state index contributed by atoms with van der Waals surface area (Å²) < 4.78 is 4.76. The zero-order valence-electron chi connectivity index (χ0n) is 10.1. The van der Waals surface area contributed by atoms with Gasteiger partial charge >= 0.3 is 5.97 Å². The van der Waals surface area contributed by atoms with E-state index in [9.17, 15) is 4.79 Å². The van der Waals surface area contributed by atoms with E-state index in [1.165, 1.54) is 19.1 Å². The van der Waals surface area contributed by atoms with Crippen molar-refractivity contribution in [3.8, 4) is 0 Å². The summed E-state index contributed by atoms with van der Waals surface area (Å²) >= 11 is 23.5. The molecule has 0 N–H and O–H groups in total. The van der Waals surface area contributed by atoms with Crippen LogP contribution in [0.2, 0.25) is 15.1 Å². The molecule has 19 heavy (non-hydrogen) atoms. The summed E-state index contributed by atoms with van der Waals surface area (Å²) in [6.45, 7) is 3.21. The van der Waals surface area contributed by atoms with Crippen LogP contribution in [-0.2, 0) is 9.53 Å². The Morgan fingerprint density at radius 2 is 1.84 bits per heavy atom. The monoisotopic (exact) mass is 342 g/mol. The van der Waals surface area contributed by atoms with Crippen molar-refractivity contribution in [2.45, 2.75) is 18.8 Å². The van der Waals surface area contributed by atoms with E-state index >= 15 is 0 Å². The fraction of sp³-hybridized carbons (Fsp3) is 0.364. The van der Waals surface area contributed by atoms with Gasteiger partial charge in [0.2, 0.25) is 5.00 Å². The van der Waals surface area contributed by atoms with Crippen LogP contribution >= 0.6 is 46.4 Å². The van der Waals surface area contributed by atoms with Crippen LogP contribution in [0.15, 0.2) is 22.4 Å². The maximum absolute atomic E-state index is 11.5.